The van der Waals surface area contributed by atoms with Gasteiger partial charge in [-0.2, -0.15) is 5.10 Å². The molecule has 1 aromatic heterocycles. The second-order valence-corrected chi connectivity index (χ2v) is 5.10. The maximum atomic E-state index is 13.4. The molecule has 0 bridgehead atoms. The fraction of sp³-hybridized carbons (Fsp3) is 0.250. The molecule has 5 heteroatoms. The molecule has 108 valence electrons. The molecule has 0 N–H and O–H groups in total. The van der Waals surface area contributed by atoms with Gasteiger partial charge in [-0.05, 0) is 36.8 Å². The van der Waals surface area contributed by atoms with E-state index in [4.69, 9.17) is 4.42 Å². The molecule has 0 aliphatic carbocycles. The van der Waals surface area contributed by atoms with Crippen LogP contribution in [0.15, 0.2) is 45.9 Å². The van der Waals surface area contributed by atoms with E-state index in [1.165, 1.54) is 24.1 Å². The summed E-state index contributed by atoms with van der Waals surface area (Å²) in [5, 5.41) is 5.73. The molecule has 0 saturated heterocycles. The molecule has 1 atom stereocenters. The van der Waals surface area contributed by atoms with Crippen molar-refractivity contribution in [2.75, 3.05) is 0 Å². The van der Waals surface area contributed by atoms with Gasteiger partial charge in [0.25, 0.3) is 0 Å². The van der Waals surface area contributed by atoms with Crippen LogP contribution in [0.5, 0.6) is 0 Å². The summed E-state index contributed by atoms with van der Waals surface area (Å²) < 4.78 is 19.0. The van der Waals surface area contributed by atoms with E-state index in [0.717, 1.165) is 11.3 Å². The minimum atomic E-state index is -0.321. The van der Waals surface area contributed by atoms with Crippen LogP contribution < -0.4 is 0 Å². The van der Waals surface area contributed by atoms with Crippen LogP contribution in [0.25, 0.3) is 0 Å². The average Bonchev–Trinajstić information content (AvgIpc) is 3.04. The Labute approximate surface area is 121 Å². The van der Waals surface area contributed by atoms with Crippen molar-refractivity contribution in [3.63, 3.8) is 0 Å². The monoisotopic (exact) mass is 286 g/mol. The van der Waals surface area contributed by atoms with E-state index >= 15 is 0 Å². The lowest BCUT2D eigenvalue weighted by atomic mass is 10.0. The minimum absolute atomic E-state index is 0.178. The van der Waals surface area contributed by atoms with Gasteiger partial charge in [0.05, 0.1) is 6.04 Å². The smallest absolute Gasteiger partial charge is 0.240 e. The predicted molar refractivity (Wildman–Crippen MR) is 76.3 cm³/mol. The zero-order valence-corrected chi connectivity index (χ0v) is 11.8. The summed E-state index contributed by atoms with van der Waals surface area (Å²) in [6.07, 6.45) is 0.510. The van der Waals surface area contributed by atoms with Gasteiger partial charge in [-0.3, -0.25) is 4.79 Å². The fourth-order valence-electron chi connectivity index (χ4n) is 2.51. The lowest BCUT2D eigenvalue weighted by molar-refractivity contribution is -0.130. The summed E-state index contributed by atoms with van der Waals surface area (Å²) in [5.41, 5.74) is 1.43. The topological polar surface area (TPSA) is 45.8 Å². The highest BCUT2D eigenvalue weighted by Crippen LogP contribution is 2.33. The maximum Gasteiger partial charge on any atom is 0.240 e. The molecule has 4 nitrogen and oxygen atoms in total. The maximum absolute atomic E-state index is 13.4. The summed E-state index contributed by atoms with van der Waals surface area (Å²) >= 11 is 0. The molecule has 0 spiro atoms. The summed E-state index contributed by atoms with van der Waals surface area (Å²) in [7, 11) is 0. The van der Waals surface area contributed by atoms with Gasteiger partial charge in [0.2, 0.25) is 5.91 Å². The second-order valence-electron chi connectivity index (χ2n) is 5.10. The minimum Gasteiger partial charge on any atom is -0.460 e. The van der Waals surface area contributed by atoms with E-state index in [1.807, 2.05) is 19.1 Å². The Morgan fingerprint density at radius 2 is 2.19 bits per heavy atom. The van der Waals surface area contributed by atoms with Crippen LogP contribution in [-0.2, 0) is 4.79 Å². The first kappa shape index (κ1) is 13.5. The third-order valence-corrected chi connectivity index (χ3v) is 3.49. The number of carbonyl (C=O) groups excluding carboxylic acids is 1. The highest BCUT2D eigenvalue weighted by molar-refractivity contribution is 6.01. The molecule has 1 aliphatic rings. The molecule has 1 aliphatic heterocycles. The molecule has 0 saturated carbocycles. The Bertz CT molecular complexity index is 721. The van der Waals surface area contributed by atoms with Crippen LogP contribution in [0.2, 0.25) is 0 Å². The van der Waals surface area contributed by atoms with Crippen molar-refractivity contribution in [3.8, 4) is 0 Å². The normalized spacial score (nSPS) is 18.0. The summed E-state index contributed by atoms with van der Waals surface area (Å²) in [4.78, 5) is 11.8. The van der Waals surface area contributed by atoms with Crippen molar-refractivity contribution in [1.29, 1.82) is 0 Å². The molecule has 0 unspecified atom stereocenters. The number of hydrogen-bond donors (Lipinski definition) is 0. The molecular weight excluding hydrogens is 271 g/mol. The lowest BCUT2D eigenvalue weighted by Crippen LogP contribution is -2.24. The number of aryl methyl sites for hydroxylation is 1. The number of amides is 1. The second kappa shape index (κ2) is 5.16. The molecular formula is C16H15FN2O2. The van der Waals surface area contributed by atoms with Gasteiger partial charge < -0.3 is 4.42 Å². The SMILES string of the molecule is CC(=O)N1N=C(c2ccc(C)o2)C[C@@H]1c1cccc(F)c1. The molecule has 2 heterocycles. The quantitative estimate of drug-likeness (QED) is 0.849. The molecule has 2 aromatic rings. The Morgan fingerprint density at radius 3 is 2.81 bits per heavy atom. The van der Waals surface area contributed by atoms with Crippen LogP contribution >= 0.6 is 0 Å². The molecule has 3 rings (SSSR count). The number of furan rings is 1. The Morgan fingerprint density at radius 1 is 1.38 bits per heavy atom. The van der Waals surface area contributed by atoms with Gasteiger partial charge in [-0.1, -0.05) is 12.1 Å². The van der Waals surface area contributed by atoms with Crippen LogP contribution in [-0.4, -0.2) is 16.6 Å². The Balaban J connectivity index is 1.95. The van der Waals surface area contributed by atoms with E-state index in [-0.39, 0.29) is 17.8 Å². The van der Waals surface area contributed by atoms with Crippen LogP contribution in [0, 0.1) is 12.7 Å². The van der Waals surface area contributed by atoms with E-state index in [0.29, 0.717) is 17.9 Å². The van der Waals surface area contributed by atoms with Gasteiger partial charge in [-0.15, -0.1) is 0 Å². The number of hydrogen-bond acceptors (Lipinski definition) is 3. The first-order valence-electron chi connectivity index (χ1n) is 6.74. The number of carbonyl (C=O) groups is 1. The number of nitrogens with zero attached hydrogens (tertiary/aromatic N) is 2. The van der Waals surface area contributed by atoms with Gasteiger partial charge in [0.1, 0.15) is 23.0 Å². The molecule has 1 aromatic carbocycles. The molecule has 1 amide bonds. The van der Waals surface area contributed by atoms with Crippen LogP contribution in [0.4, 0.5) is 4.39 Å². The first-order chi connectivity index (χ1) is 10.0. The van der Waals surface area contributed by atoms with Crippen LogP contribution in [0.3, 0.4) is 0 Å². The summed E-state index contributed by atoms with van der Waals surface area (Å²) in [5.74, 6) is 0.940. The molecule has 0 fully saturated rings. The van der Waals surface area contributed by atoms with E-state index in [1.54, 1.807) is 12.1 Å². The summed E-state index contributed by atoms with van der Waals surface area (Å²) in [6.45, 7) is 3.30. The third-order valence-electron chi connectivity index (χ3n) is 3.49. The van der Waals surface area contributed by atoms with Gasteiger partial charge >= 0.3 is 0 Å². The van der Waals surface area contributed by atoms with Crippen molar-refractivity contribution in [2.24, 2.45) is 5.10 Å². The zero-order chi connectivity index (χ0) is 15.0. The number of halogens is 1. The Hall–Kier alpha value is -2.43. The van der Waals surface area contributed by atoms with Crippen molar-refractivity contribution in [3.05, 3.63) is 59.3 Å². The largest absolute Gasteiger partial charge is 0.460 e. The number of rotatable bonds is 2. The highest BCUT2D eigenvalue weighted by atomic mass is 19.1. The van der Waals surface area contributed by atoms with Crippen molar-refractivity contribution < 1.29 is 13.6 Å². The van der Waals surface area contributed by atoms with E-state index in [9.17, 15) is 9.18 Å². The van der Waals surface area contributed by atoms with Gasteiger partial charge in [-0.25, -0.2) is 9.40 Å². The third kappa shape index (κ3) is 2.59. The van der Waals surface area contributed by atoms with Crippen LogP contribution in [0.1, 0.15) is 36.5 Å². The average molecular weight is 286 g/mol. The predicted octanol–water partition coefficient (Wildman–Crippen LogP) is 3.42. The zero-order valence-electron chi connectivity index (χ0n) is 11.8. The summed E-state index contributed by atoms with van der Waals surface area (Å²) in [6, 6.07) is 9.65. The van der Waals surface area contributed by atoms with Crippen molar-refractivity contribution >= 4 is 11.6 Å². The Kier molecular flexibility index (Phi) is 3.33. The van der Waals surface area contributed by atoms with E-state index < -0.39 is 0 Å². The van der Waals surface area contributed by atoms with Gasteiger partial charge in [0, 0.05) is 13.3 Å². The lowest BCUT2D eigenvalue weighted by Gasteiger charge is -2.20. The fourth-order valence-corrected chi connectivity index (χ4v) is 2.51. The standard InChI is InChI=1S/C16H15FN2O2/c1-10-6-7-16(21-10)14-9-15(19(18-14)11(2)20)12-4-3-5-13(17)8-12/h3-8,15H,9H2,1-2H3/t15-/m1/s1. The van der Waals surface area contributed by atoms with Gasteiger partial charge in [0.15, 0.2) is 0 Å². The van der Waals surface area contributed by atoms with Crippen molar-refractivity contribution in [2.45, 2.75) is 26.3 Å². The number of hydrazone groups is 1. The number of benzene rings is 1. The highest BCUT2D eigenvalue weighted by Gasteiger charge is 2.32. The van der Waals surface area contributed by atoms with Crippen molar-refractivity contribution in [1.82, 2.24) is 5.01 Å². The first-order valence-corrected chi connectivity index (χ1v) is 6.74. The van der Waals surface area contributed by atoms with E-state index in [2.05, 4.69) is 5.10 Å². The molecule has 21 heavy (non-hydrogen) atoms. The molecule has 0 radical (unpaired) electrons.